The highest BCUT2D eigenvalue weighted by Crippen LogP contribution is 2.24. The number of amides is 1. The van der Waals surface area contributed by atoms with Crippen molar-refractivity contribution in [3.05, 3.63) is 58.7 Å². The van der Waals surface area contributed by atoms with Gasteiger partial charge in [-0.05, 0) is 68.5 Å². The van der Waals surface area contributed by atoms with Crippen LogP contribution in [0.2, 0.25) is 0 Å². The van der Waals surface area contributed by atoms with Gasteiger partial charge in [0.05, 0.1) is 10.6 Å². The Bertz CT molecular complexity index is 1010. The third-order valence-corrected chi connectivity index (χ3v) is 7.33. The molecule has 6 heteroatoms. The van der Waals surface area contributed by atoms with Gasteiger partial charge in [-0.1, -0.05) is 50.3 Å². The fraction of sp³-hybridized carbons (Fsp3) is 0.458. The van der Waals surface area contributed by atoms with Crippen LogP contribution in [0.4, 0.5) is 5.69 Å². The number of carbonyl (C=O) groups is 1. The van der Waals surface area contributed by atoms with Gasteiger partial charge in [-0.15, -0.1) is 0 Å². The average Bonchev–Trinajstić information content (AvgIpc) is 2.66. The van der Waals surface area contributed by atoms with Crippen molar-refractivity contribution in [3.8, 4) is 0 Å². The zero-order chi connectivity index (χ0) is 21.7. The van der Waals surface area contributed by atoms with Gasteiger partial charge in [0.1, 0.15) is 0 Å². The molecule has 1 amide bonds. The van der Waals surface area contributed by atoms with Crippen molar-refractivity contribution in [3.63, 3.8) is 0 Å². The van der Waals surface area contributed by atoms with E-state index in [4.69, 9.17) is 0 Å². The Morgan fingerprint density at radius 3 is 2.20 bits per heavy atom. The molecular formula is C24H32N2O3S. The molecule has 0 aliphatic heterocycles. The van der Waals surface area contributed by atoms with Crippen LogP contribution >= 0.6 is 0 Å². The largest absolute Gasteiger partial charge is 0.349 e. The van der Waals surface area contributed by atoms with Crippen molar-refractivity contribution in [2.45, 2.75) is 76.7 Å². The summed E-state index contributed by atoms with van der Waals surface area (Å²) >= 11 is 0. The molecule has 30 heavy (non-hydrogen) atoms. The van der Waals surface area contributed by atoms with Crippen LogP contribution in [0.1, 0.15) is 72.0 Å². The Kier molecular flexibility index (Phi) is 7.19. The van der Waals surface area contributed by atoms with Gasteiger partial charge in [-0.2, -0.15) is 0 Å². The van der Waals surface area contributed by atoms with Gasteiger partial charge in [0, 0.05) is 11.6 Å². The van der Waals surface area contributed by atoms with Crippen LogP contribution in [0.5, 0.6) is 0 Å². The van der Waals surface area contributed by atoms with Crippen LogP contribution < -0.4 is 10.0 Å². The SMILES string of the molecule is Cc1ccc(C)c(NS(=O)(=O)c2cc(C(=O)NC3CCCCCCC3)ccc2C)c1. The van der Waals surface area contributed by atoms with E-state index in [1.807, 2.05) is 32.0 Å². The number of hydrogen-bond donors (Lipinski definition) is 2. The maximum absolute atomic E-state index is 13.1. The lowest BCUT2D eigenvalue weighted by Gasteiger charge is -2.21. The van der Waals surface area contributed by atoms with Crippen LogP contribution in [-0.2, 0) is 10.0 Å². The molecule has 1 aliphatic carbocycles. The summed E-state index contributed by atoms with van der Waals surface area (Å²) in [7, 11) is -3.81. The number of aryl methyl sites for hydroxylation is 3. The molecular weight excluding hydrogens is 396 g/mol. The van der Waals surface area contributed by atoms with Crippen molar-refractivity contribution in [1.29, 1.82) is 0 Å². The number of hydrogen-bond acceptors (Lipinski definition) is 3. The lowest BCUT2D eigenvalue weighted by Crippen LogP contribution is -2.35. The van der Waals surface area contributed by atoms with E-state index in [1.54, 1.807) is 19.1 Å². The highest BCUT2D eigenvalue weighted by atomic mass is 32.2. The molecule has 2 aromatic rings. The summed E-state index contributed by atoms with van der Waals surface area (Å²) in [5.74, 6) is -0.205. The smallest absolute Gasteiger partial charge is 0.262 e. The second-order valence-electron chi connectivity index (χ2n) is 8.42. The van der Waals surface area contributed by atoms with Gasteiger partial charge < -0.3 is 5.32 Å². The molecule has 0 aromatic heterocycles. The predicted octanol–water partition coefficient (Wildman–Crippen LogP) is 5.26. The van der Waals surface area contributed by atoms with Gasteiger partial charge in [0.15, 0.2) is 0 Å². The minimum atomic E-state index is -3.81. The lowest BCUT2D eigenvalue weighted by molar-refractivity contribution is 0.0930. The third-order valence-electron chi connectivity index (χ3n) is 5.82. The predicted molar refractivity (Wildman–Crippen MR) is 121 cm³/mol. The number of rotatable bonds is 5. The molecule has 2 N–H and O–H groups in total. The zero-order valence-corrected chi connectivity index (χ0v) is 18.9. The molecule has 5 nitrogen and oxygen atoms in total. The number of benzene rings is 2. The summed E-state index contributed by atoms with van der Waals surface area (Å²) in [6.07, 6.45) is 7.91. The van der Waals surface area contributed by atoms with Crippen molar-refractivity contribution >= 4 is 21.6 Å². The van der Waals surface area contributed by atoms with E-state index < -0.39 is 10.0 Å². The molecule has 1 aliphatic rings. The van der Waals surface area contributed by atoms with Crippen LogP contribution in [0, 0.1) is 20.8 Å². The first-order valence-electron chi connectivity index (χ1n) is 10.8. The Balaban J connectivity index is 1.81. The first-order valence-corrected chi connectivity index (χ1v) is 12.3. The van der Waals surface area contributed by atoms with Gasteiger partial charge in [0.2, 0.25) is 0 Å². The average molecular weight is 429 g/mol. The molecule has 0 spiro atoms. The van der Waals surface area contributed by atoms with E-state index in [-0.39, 0.29) is 16.8 Å². The topological polar surface area (TPSA) is 75.3 Å². The van der Waals surface area contributed by atoms with Gasteiger partial charge >= 0.3 is 0 Å². The standard InChI is InChI=1S/C24H32N2O3S/c1-17-11-12-18(2)22(15-17)26-30(28,29)23-16-20(14-13-19(23)3)24(27)25-21-9-7-5-4-6-8-10-21/h11-16,21,26H,4-10H2,1-3H3,(H,25,27). The summed E-state index contributed by atoms with van der Waals surface area (Å²) in [5, 5.41) is 3.11. The number of sulfonamides is 1. The molecule has 162 valence electrons. The van der Waals surface area contributed by atoms with Crippen LogP contribution in [0.15, 0.2) is 41.3 Å². The van der Waals surface area contributed by atoms with E-state index in [1.165, 1.54) is 25.3 Å². The second-order valence-corrected chi connectivity index (χ2v) is 10.1. The molecule has 0 saturated heterocycles. The molecule has 3 rings (SSSR count). The van der Waals surface area contributed by atoms with E-state index in [2.05, 4.69) is 10.0 Å². The highest BCUT2D eigenvalue weighted by molar-refractivity contribution is 7.92. The molecule has 0 bridgehead atoms. The van der Waals surface area contributed by atoms with Gasteiger partial charge in [0.25, 0.3) is 15.9 Å². The minimum absolute atomic E-state index is 0.133. The summed E-state index contributed by atoms with van der Waals surface area (Å²) in [5.41, 5.74) is 3.36. The van der Waals surface area contributed by atoms with Crippen molar-refractivity contribution in [2.75, 3.05) is 4.72 Å². The fourth-order valence-corrected chi connectivity index (χ4v) is 5.34. The number of anilines is 1. The lowest BCUT2D eigenvalue weighted by atomic mass is 9.96. The van der Waals surface area contributed by atoms with Crippen molar-refractivity contribution in [2.24, 2.45) is 0 Å². The zero-order valence-electron chi connectivity index (χ0n) is 18.1. The first kappa shape index (κ1) is 22.3. The Morgan fingerprint density at radius 1 is 0.867 bits per heavy atom. The molecule has 0 unspecified atom stereocenters. The number of carbonyl (C=O) groups excluding carboxylic acids is 1. The van der Waals surface area contributed by atoms with E-state index in [9.17, 15) is 13.2 Å². The highest BCUT2D eigenvalue weighted by Gasteiger charge is 2.21. The number of nitrogens with one attached hydrogen (secondary N) is 2. The summed E-state index contributed by atoms with van der Waals surface area (Å²) in [4.78, 5) is 13.0. The van der Waals surface area contributed by atoms with Gasteiger partial charge in [-0.3, -0.25) is 9.52 Å². The second kappa shape index (κ2) is 9.65. The maximum atomic E-state index is 13.1. The summed E-state index contributed by atoms with van der Waals surface area (Å²) < 4.78 is 28.9. The summed E-state index contributed by atoms with van der Waals surface area (Å²) in [6.45, 7) is 5.53. The molecule has 2 aromatic carbocycles. The van der Waals surface area contributed by atoms with E-state index in [0.717, 1.165) is 36.8 Å². The quantitative estimate of drug-likeness (QED) is 0.682. The Labute approximate surface area is 180 Å². The first-order chi connectivity index (χ1) is 14.3. The normalized spacial score (nSPS) is 15.8. The van der Waals surface area contributed by atoms with E-state index >= 15 is 0 Å². The molecule has 1 saturated carbocycles. The molecule has 1 fully saturated rings. The van der Waals surface area contributed by atoms with Crippen LogP contribution in [0.3, 0.4) is 0 Å². The van der Waals surface area contributed by atoms with E-state index in [0.29, 0.717) is 16.8 Å². The molecule has 0 heterocycles. The van der Waals surface area contributed by atoms with Crippen molar-refractivity contribution < 1.29 is 13.2 Å². The fourth-order valence-electron chi connectivity index (χ4n) is 3.95. The third kappa shape index (κ3) is 5.63. The monoisotopic (exact) mass is 428 g/mol. The van der Waals surface area contributed by atoms with Crippen LogP contribution in [0.25, 0.3) is 0 Å². The Morgan fingerprint density at radius 2 is 1.50 bits per heavy atom. The minimum Gasteiger partial charge on any atom is -0.349 e. The summed E-state index contributed by atoms with van der Waals surface area (Å²) in [6, 6.07) is 10.7. The van der Waals surface area contributed by atoms with Crippen molar-refractivity contribution in [1.82, 2.24) is 5.32 Å². The Hall–Kier alpha value is -2.34. The maximum Gasteiger partial charge on any atom is 0.262 e. The van der Waals surface area contributed by atoms with Crippen LogP contribution in [-0.4, -0.2) is 20.4 Å². The molecule has 0 atom stereocenters. The molecule has 0 radical (unpaired) electrons. The van der Waals surface area contributed by atoms with Gasteiger partial charge in [-0.25, -0.2) is 8.42 Å².